The zero-order valence-electron chi connectivity index (χ0n) is 17.9. The fourth-order valence-corrected chi connectivity index (χ4v) is 4.61. The number of hydrogen-bond donors (Lipinski definition) is 1. The second-order valence-electron chi connectivity index (χ2n) is 7.64. The lowest BCUT2D eigenvalue weighted by atomic mass is 10.1. The van der Waals surface area contributed by atoms with Crippen molar-refractivity contribution in [3.05, 3.63) is 59.8 Å². The number of ether oxygens (including phenoxy) is 1. The molecule has 2 saturated heterocycles. The average molecular weight is 458 g/mol. The number of hydrogen-bond acceptors (Lipinski definition) is 6. The highest BCUT2D eigenvalue weighted by Crippen LogP contribution is 2.24. The Morgan fingerprint density at radius 3 is 2.62 bits per heavy atom. The summed E-state index contributed by atoms with van der Waals surface area (Å²) < 4.78 is 5.82. The second-order valence-corrected chi connectivity index (χ2v) is 8.44. The minimum absolute atomic E-state index is 0.0169. The van der Waals surface area contributed by atoms with Gasteiger partial charge in [-0.2, -0.15) is 0 Å². The molecule has 4 rings (SSSR count). The maximum absolute atomic E-state index is 13.3. The molecule has 2 bridgehead atoms. The third-order valence-electron chi connectivity index (χ3n) is 5.47. The molecule has 2 aliphatic rings. The van der Waals surface area contributed by atoms with Crippen molar-refractivity contribution >= 4 is 30.0 Å². The smallest absolute Gasteiger partial charge is 0.290 e. The average Bonchev–Trinajstić information content (AvgIpc) is 3.11. The topological polar surface area (TPSA) is 100 Å². The first kappa shape index (κ1) is 23.7. The van der Waals surface area contributed by atoms with Crippen LogP contribution in [0.25, 0.3) is 0 Å². The molecule has 2 amide bonds. The standard InChI is InChI=1S/C22H25N3O3S.CH2O2/c1-29-21-19(8-5-9-23-21)22(27)24-11-17-12-25(18(13-24)15-28-14-17)20(26)10-16-6-3-2-4-7-16;2-1-3/h2-9,17-18H,10-15H2,1H3;1H,(H,2,3)/t17-,18-;/m0./s1. The number of carbonyl (C=O) groups is 3. The number of rotatable bonds is 4. The summed E-state index contributed by atoms with van der Waals surface area (Å²) in [5.74, 6) is 0.189. The van der Waals surface area contributed by atoms with E-state index < -0.39 is 0 Å². The molecule has 8 nitrogen and oxygen atoms in total. The van der Waals surface area contributed by atoms with Crippen LogP contribution in [0.1, 0.15) is 15.9 Å². The van der Waals surface area contributed by atoms with Gasteiger partial charge in [0.15, 0.2) is 0 Å². The first-order chi connectivity index (χ1) is 15.6. The van der Waals surface area contributed by atoms with Gasteiger partial charge in [-0.1, -0.05) is 30.3 Å². The van der Waals surface area contributed by atoms with E-state index in [1.807, 2.05) is 52.5 Å². The van der Waals surface area contributed by atoms with E-state index in [4.69, 9.17) is 14.6 Å². The number of pyridine rings is 1. The van der Waals surface area contributed by atoms with Gasteiger partial charge in [0.1, 0.15) is 5.03 Å². The normalized spacial score (nSPS) is 19.9. The van der Waals surface area contributed by atoms with Gasteiger partial charge < -0.3 is 19.6 Å². The van der Waals surface area contributed by atoms with Crippen molar-refractivity contribution in [1.82, 2.24) is 14.8 Å². The molecule has 2 aliphatic heterocycles. The van der Waals surface area contributed by atoms with Gasteiger partial charge >= 0.3 is 0 Å². The van der Waals surface area contributed by atoms with Crippen molar-refractivity contribution in [2.75, 3.05) is 39.1 Å². The molecule has 2 aromatic rings. The number of aromatic nitrogens is 1. The van der Waals surface area contributed by atoms with E-state index in [1.165, 1.54) is 11.8 Å². The molecule has 0 aliphatic carbocycles. The van der Waals surface area contributed by atoms with Crippen LogP contribution in [0.4, 0.5) is 0 Å². The number of nitrogens with zero attached hydrogens (tertiary/aromatic N) is 3. The SMILES string of the molecule is CSc1ncccc1C(=O)N1C[C@@H]2COC[C@H](C1)N(C(=O)Cc1ccccc1)C2.O=CO. The van der Waals surface area contributed by atoms with Crippen molar-refractivity contribution < 1.29 is 24.2 Å². The molecule has 0 radical (unpaired) electrons. The van der Waals surface area contributed by atoms with Gasteiger partial charge in [-0.15, -0.1) is 11.8 Å². The lowest BCUT2D eigenvalue weighted by Crippen LogP contribution is -2.48. The summed E-state index contributed by atoms with van der Waals surface area (Å²) in [5, 5.41) is 7.63. The maximum Gasteiger partial charge on any atom is 0.290 e. The van der Waals surface area contributed by atoms with Crippen LogP contribution in [0.2, 0.25) is 0 Å². The quantitative estimate of drug-likeness (QED) is 0.554. The molecule has 0 spiro atoms. The number of carboxylic acid groups (broad SMARTS) is 1. The van der Waals surface area contributed by atoms with Crippen LogP contribution in [0.5, 0.6) is 0 Å². The molecular formula is C23H27N3O5S. The Morgan fingerprint density at radius 2 is 1.91 bits per heavy atom. The minimum atomic E-state index is -0.250. The van der Waals surface area contributed by atoms with Gasteiger partial charge in [-0.3, -0.25) is 14.4 Å². The van der Waals surface area contributed by atoms with E-state index >= 15 is 0 Å². The van der Waals surface area contributed by atoms with E-state index in [9.17, 15) is 9.59 Å². The van der Waals surface area contributed by atoms with Crippen molar-refractivity contribution in [2.24, 2.45) is 5.92 Å². The molecule has 2 atom stereocenters. The molecule has 0 saturated carbocycles. The molecule has 1 aromatic heterocycles. The van der Waals surface area contributed by atoms with Gasteiger partial charge in [-0.05, 0) is 24.0 Å². The molecule has 32 heavy (non-hydrogen) atoms. The largest absolute Gasteiger partial charge is 0.483 e. The number of fused-ring (bicyclic) bond motifs is 3. The fourth-order valence-electron chi connectivity index (χ4n) is 4.07. The molecule has 1 N–H and O–H groups in total. The lowest BCUT2D eigenvalue weighted by Gasteiger charge is -2.31. The Morgan fingerprint density at radius 1 is 1.16 bits per heavy atom. The summed E-state index contributed by atoms with van der Waals surface area (Å²) in [6.45, 7) is 2.48. The van der Waals surface area contributed by atoms with Gasteiger partial charge in [-0.25, -0.2) is 4.98 Å². The molecule has 170 valence electrons. The van der Waals surface area contributed by atoms with Crippen LogP contribution >= 0.6 is 11.8 Å². The Hall–Kier alpha value is -2.91. The van der Waals surface area contributed by atoms with Gasteiger partial charge in [0.2, 0.25) is 5.91 Å². The molecular weight excluding hydrogens is 430 g/mol. The minimum Gasteiger partial charge on any atom is -0.483 e. The third kappa shape index (κ3) is 5.86. The third-order valence-corrected chi connectivity index (χ3v) is 6.18. The van der Waals surface area contributed by atoms with E-state index in [0.717, 1.165) is 10.6 Å². The molecule has 3 heterocycles. The summed E-state index contributed by atoms with van der Waals surface area (Å²) in [6, 6.07) is 13.3. The fraction of sp³-hybridized carbons (Fsp3) is 0.391. The van der Waals surface area contributed by atoms with Crippen molar-refractivity contribution in [1.29, 1.82) is 0 Å². The van der Waals surface area contributed by atoms with Crippen molar-refractivity contribution in [2.45, 2.75) is 17.5 Å². The Kier molecular flexibility index (Phi) is 8.64. The highest BCUT2D eigenvalue weighted by Gasteiger charge is 2.37. The highest BCUT2D eigenvalue weighted by molar-refractivity contribution is 7.98. The van der Waals surface area contributed by atoms with E-state index in [1.54, 1.807) is 12.3 Å². The maximum atomic E-state index is 13.3. The molecule has 2 fully saturated rings. The van der Waals surface area contributed by atoms with Gasteiger partial charge in [0.25, 0.3) is 12.4 Å². The Balaban J connectivity index is 0.000000913. The predicted octanol–water partition coefficient (Wildman–Crippen LogP) is 2.05. The van der Waals surface area contributed by atoms with Gasteiger partial charge in [0.05, 0.1) is 31.2 Å². The van der Waals surface area contributed by atoms with Crippen LogP contribution in [-0.4, -0.2) is 83.3 Å². The summed E-state index contributed by atoms with van der Waals surface area (Å²) in [6.07, 6.45) is 4.00. The molecule has 1 aromatic carbocycles. The van der Waals surface area contributed by atoms with Crippen LogP contribution in [-0.2, 0) is 20.7 Å². The van der Waals surface area contributed by atoms with Crippen molar-refractivity contribution in [3.63, 3.8) is 0 Å². The Bertz CT molecular complexity index is 927. The molecule has 9 heteroatoms. The summed E-state index contributed by atoms with van der Waals surface area (Å²) >= 11 is 1.47. The van der Waals surface area contributed by atoms with Crippen LogP contribution < -0.4 is 0 Å². The number of carbonyl (C=O) groups excluding carboxylic acids is 2. The van der Waals surface area contributed by atoms with Crippen LogP contribution in [0.3, 0.4) is 0 Å². The summed E-state index contributed by atoms with van der Waals surface area (Å²) in [5.41, 5.74) is 1.63. The van der Waals surface area contributed by atoms with Crippen LogP contribution in [0.15, 0.2) is 53.7 Å². The first-order valence-corrected chi connectivity index (χ1v) is 11.6. The number of benzene rings is 1. The highest BCUT2D eigenvalue weighted by atomic mass is 32.2. The van der Waals surface area contributed by atoms with Gasteiger partial charge in [0, 0.05) is 31.7 Å². The summed E-state index contributed by atoms with van der Waals surface area (Å²) in [4.78, 5) is 42.8. The van der Waals surface area contributed by atoms with Crippen molar-refractivity contribution in [3.8, 4) is 0 Å². The molecule has 0 unspecified atom stereocenters. The lowest BCUT2D eigenvalue weighted by molar-refractivity contribution is -0.133. The van der Waals surface area contributed by atoms with E-state index in [-0.39, 0.29) is 30.2 Å². The second kappa shape index (κ2) is 11.6. The monoisotopic (exact) mass is 457 g/mol. The first-order valence-electron chi connectivity index (χ1n) is 10.3. The summed E-state index contributed by atoms with van der Waals surface area (Å²) in [7, 11) is 0. The number of thioether (sulfide) groups is 1. The van der Waals surface area contributed by atoms with E-state index in [0.29, 0.717) is 44.8 Å². The Labute approximate surface area is 191 Å². The number of amides is 2. The van der Waals surface area contributed by atoms with E-state index in [2.05, 4.69) is 4.98 Å². The van der Waals surface area contributed by atoms with Crippen LogP contribution in [0, 0.1) is 5.92 Å². The predicted molar refractivity (Wildman–Crippen MR) is 121 cm³/mol. The zero-order chi connectivity index (χ0) is 22.9. The zero-order valence-corrected chi connectivity index (χ0v) is 18.7.